The van der Waals surface area contributed by atoms with Gasteiger partial charge in [-0.3, -0.25) is 9.59 Å². The molecule has 0 saturated carbocycles. The van der Waals surface area contributed by atoms with Gasteiger partial charge in [0.1, 0.15) is 6.04 Å². The van der Waals surface area contributed by atoms with E-state index < -0.39 is 0 Å². The first-order valence-corrected chi connectivity index (χ1v) is 11.9. The van der Waals surface area contributed by atoms with Crippen molar-refractivity contribution in [2.45, 2.75) is 25.3 Å². The maximum Gasteiger partial charge on any atom is 0.251 e. The van der Waals surface area contributed by atoms with Crippen molar-refractivity contribution in [3.8, 4) is 0 Å². The fraction of sp³-hybridized carbons (Fsp3) is 0.200. The minimum absolute atomic E-state index is 0.110. The Balaban J connectivity index is 1.34. The molecule has 1 aliphatic rings. The van der Waals surface area contributed by atoms with Crippen molar-refractivity contribution < 1.29 is 9.59 Å². The summed E-state index contributed by atoms with van der Waals surface area (Å²) in [6.45, 7) is 2.48. The minimum Gasteiger partial charge on any atom is -0.371 e. The van der Waals surface area contributed by atoms with Crippen LogP contribution in [0.3, 0.4) is 0 Å². The number of thioether (sulfide) groups is 1. The van der Waals surface area contributed by atoms with Gasteiger partial charge in [0.05, 0.1) is 11.4 Å². The lowest BCUT2D eigenvalue weighted by molar-refractivity contribution is -0.116. The second-order valence-corrected chi connectivity index (χ2v) is 9.16. The number of aryl methyl sites for hydroxylation is 1. The molecule has 5 nitrogen and oxygen atoms in total. The van der Waals surface area contributed by atoms with E-state index in [0.29, 0.717) is 23.5 Å². The molecule has 3 aromatic carbocycles. The summed E-state index contributed by atoms with van der Waals surface area (Å²) in [5, 5.41) is 9.86. The number of fused-ring (bicyclic) bond motifs is 1. The SMILES string of the molecule is Cc1ccc(CNC(=O)c2ccc3c(c2)NC(=O)[C@@H](CSCc2ccccc2Cl)N3)cc1. The minimum atomic E-state index is -0.351. The van der Waals surface area contributed by atoms with Gasteiger partial charge in [-0.05, 0) is 42.3 Å². The lowest BCUT2D eigenvalue weighted by Crippen LogP contribution is -2.40. The van der Waals surface area contributed by atoms with E-state index in [2.05, 4.69) is 16.0 Å². The van der Waals surface area contributed by atoms with Crippen LogP contribution in [0.25, 0.3) is 0 Å². The van der Waals surface area contributed by atoms with Crippen molar-refractivity contribution in [1.29, 1.82) is 0 Å². The van der Waals surface area contributed by atoms with Gasteiger partial charge in [0.15, 0.2) is 0 Å². The van der Waals surface area contributed by atoms with Gasteiger partial charge in [-0.2, -0.15) is 11.8 Å². The number of nitrogens with one attached hydrogen (secondary N) is 3. The summed E-state index contributed by atoms with van der Waals surface area (Å²) in [6.07, 6.45) is 0. The summed E-state index contributed by atoms with van der Waals surface area (Å²) in [5.41, 5.74) is 5.20. The van der Waals surface area contributed by atoms with Crippen LogP contribution in [0, 0.1) is 6.92 Å². The molecule has 32 heavy (non-hydrogen) atoms. The summed E-state index contributed by atoms with van der Waals surface area (Å²) >= 11 is 7.85. The second-order valence-electron chi connectivity index (χ2n) is 7.72. The first kappa shape index (κ1) is 22.2. The van der Waals surface area contributed by atoms with E-state index in [1.54, 1.807) is 23.9 Å². The van der Waals surface area contributed by atoms with Crippen molar-refractivity contribution in [2.75, 3.05) is 16.4 Å². The number of benzene rings is 3. The number of hydrogen-bond donors (Lipinski definition) is 3. The molecule has 2 amide bonds. The average molecular weight is 466 g/mol. The Bertz CT molecular complexity index is 1130. The predicted molar refractivity (Wildman–Crippen MR) is 132 cm³/mol. The molecule has 3 N–H and O–H groups in total. The van der Waals surface area contributed by atoms with Crippen LogP contribution in [0.1, 0.15) is 27.0 Å². The smallest absolute Gasteiger partial charge is 0.251 e. The quantitative estimate of drug-likeness (QED) is 0.446. The Kier molecular flexibility index (Phi) is 7.02. The lowest BCUT2D eigenvalue weighted by Gasteiger charge is -2.27. The molecule has 0 bridgehead atoms. The number of anilines is 2. The first-order chi connectivity index (χ1) is 15.5. The average Bonchev–Trinajstić information content (AvgIpc) is 2.79. The maximum atomic E-state index is 12.6. The highest BCUT2D eigenvalue weighted by Gasteiger charge is 2.26. The molecular weight excluding hydrogens is 442 g/mol. The fourth-order valence-electron chi connectivity index (χ4n) is 3.40. The predicted octanol–water partition coefficient (Wildman–Crippen LogP) is 5.24. The van der Waals surface area contributed by atoms with Crippen LogP contribution in [-0.2, 0) is 17.1 Å². The van der Waals surface area contributed by atoms with E-state index in [9.17, 15) is 9.59 Å². The van der Waals surface area contributed by atoms with Gasteiger partial charge in [-0.25, -0.2) is 0 Å². The Morgan fingerprint density at radius 2 is 1.84 bits per heavy atom. The van der Waals surface area contributed by atoms with Crippen LogP contribution in [-0.4, -0.2) is 23.6 Å². The third-order valence-electron chi connectivity index (χ3n) is 5.26. The van der Waals surface area contributed by atoms with Crippen LogP contribution >= 0.6 is 23.4 Å². The second kappa shape index (κ2) is 10.1. The molecule has 0 unspecified atom stereocenters. The summed E-state index contributed by atoms with van der Waals surface area (Å²) in [4.78, 5) is 25.1. The fourth-order valence-corrected chi connectivity index (χ4v) is 4.74. The molecule has 1 aliphatic heterocycles. The summed E-state index contributed by atoms with van der Waals surface area (Å²) < 4.78 is 0. The Morgan fingerprint density at radius 3 is 2.62 bits per heavy atom. The molecule has 0 aliphatic carbocycles. The third kappa shape index (κ3) is 5.44. The number of amides is 2. The van der Waals surface area contributed by atoms with E-state index in [1.807, 2.05) is 61.5 Å². The normalized spacial score (nSPS) is 14.8. The monoisotopic (exact) mass is 465 g/mol. The number of rotatable bonds is 7. The summed E-state index contributed by atoms with van der Waals surface area (Å²) in [7, 11) is 0. The molecule has 1 heterocycles. The molecular formula is C25H24ClN3O2S. The Hall–Kier alpha value is -2.96. The van der Waals surface area contributed by atoms with Crippen molar-refractivity contribution in [3.05, 3.63) is 94.0 Å². The number of halogens is 1. The molecule has 164 valence electrons. The largest absolute Gasteiger partial charge is 0.371 e. The zero-order valence-electron chi connectivity index (χ0n) is 17.7. The van der Waals surface area contributed by atoms with Crippen molar-refractivity contribution >= 4 is 46.6 Å². The van der Waals surface area contributed by atoms with Gasteiger partial charge in [0.25, 0.3) is 5.91 Å². The highest BCUT2D eigenvalue weighted by atomic mass is 35.5. The highest BCUT2D eigenvalue weighted by molar-refractivity contribution is 7.98. The summed E-state index contributed by atoms with van der Waals surface area (Å²) in [6, 6.07) is 20.7. The van der Waals surface area contributed by atoms with Crippen LogP contribution in [0.2, 0.25) is 5.02 Å². The van der Waals surface area contributed by atoms with Gasteiger partial charge in [-0.1, -0.05) is 59.6 Å². The van der Waals surface area contributed by atoms with Gasteiger partial charge in [-0.15, -0.1) is 0 Å². The van der Waals surface area contributed by atoms with E-state index in [4.69, 9.17) is 11.6 Å². The molecule has 0 saturated heterocycles. The third-order valence-corrected chi connectivity index (χ3v) is 6.71. The maximum absolute atomic E-state index is 12.6. The topological polar surface area (TPSA) is 70.2 Å². The molecule has 0 aromatic heterocycles. The zero-order valence-corrected chi connectivity index (χ0v) is 19.2. The number of carbonyl (C=O) groups excluding carboxylic acids is 2. The van der Waals surface area contributed by atoms with Crippen molar-refractivity contribution in [3.63, 3.8) is 0 Å². The van der Waals surface area contributed by atoms with Crippen LogP contribution in [0.5, 0.6) is 0 Å². The molecule has 0 spiro atoms. The number of hydrogen-bond acceptors (Lipinski definition) is 4. The van der Waals surface area contributed by atoms with Gasteiger partial charge >= 0.3 is 0 Å². The van der Waals surface area contributed by atoms with Crippen molar-refractivity contribution in [2.24, 2.45) is 0 Å². The van der Waals surface area contributed by atoms with E-state index in [-0.39, 0.29) is 17.9 Å². The molecule has 0 radical (unpaired) electrons. The standard InChI is InChI=1S/C25H24ClN3O2S/c1-16-6-8-17(9-7-16)13-27-24(30)18-10-11-21-22(12-18)29-25(31)23(28-21)15-32-14-19-4-2-3-5-20(19)26/h2-12,23,28H,13-15H2,1H3,(H,27,30)(H,29,31)/t23-/m1/s1. The van der Waals surface area contributed by atoms with E-state index >= 15 is 0 Å². The van der Waals surface area contributed by atoms with E-state index in [1.165, 1.54) is 5.56 Å². The summed E-state index contributed by atoms with van der Waals surface area (Å²) in [5.74, 6) is 1.05. The highest BCUT2D eigenvalue weighted by Crippen LogP contribution is 2.29. The first-order valence-electron chi connectivity index (χ1n) is 10.4. The van der Waals surface area contributed by atoms with Gasteiger partial charge in [0, 0.05) is 28.6 Å². The zero-order chi connectivity index (χ0) is 22.5. The number of carbonyl (C=O) groups is 2. The Morgan fingerprint density at radius 1 is 1.06 bits per heavy atom. The molecule has 1 atom stereocenters. The molecule has 4 rings (SSSR count). The van der Waals surface area contributed by atoms with Gasteiger partial charge in [0.2, 0.25) is 5.91 Å². The van der Waals surface area contributed by atoms with Crippen molar-refractivity contribution in [1.82, 2.24) is 5.32 Å². The molecule has 3 aromatic rings. The van der Waals surface area contributed by atoms with Gasteiger partial charge < -0.3 is 16.0 Å². The van der Waals surface area contributed by atoms with Crippen LogP contribution in [0.15, 0.2) is 66.7 Å². The van der Waals surface area contributed by atoms with E-state index in [0.717, 1.165) is 27.6 Å². The van der Waals surface area contributed by atoms with Crippen LogP contribution < -0.4 is 16.0 Å². The Labute approximate surface area is 196 Å². The molecule has 7 heteroatoms. The molecule has 0 fully saturated rings. The van der Waals surface area contributed by atoms with Crippen LogP contribution in [0.4, 0.5) is 11.4 Å². The lowest BCUT2D eigenvalue weighted by atomic mass is 10.1.